The highest BCUT2D eigenvalue weighted by atomic mass is 79.9. The molecule has 2 rings (SSSR count). The molecule has 2 unspecified atom stereocenters. The number of carboxylic acids is 1. The molecular weight excluding hydrogens is 316 g/mol. The first-order valence-corrected chi connectivity index (χ1v) is 6.45. The van der Waals surface area contributed by atoms with Crippen LogP contribution in [0.1, 0.15) is 17.3 Å². The van der Waals surface area contributed by atoms with Gasteiger partial charge < -0.3 is 15.2 Å². The van der Waals surface area contributed by atoms with Crippen LogP contribution in [0.4, 0.5) is 0 Å². The highest BCUT2D eigenvalue weighted by Gasteiger charge is 2.47. The summed E-state index contributed by atoms with van der Waals surface area (Å²) in [6, 6.07) is 1.06. The van der Waals surface area contributed by atoms with Crippen LogP contribution in [-0.4, -0.2) is 41.2 Å². The quantitative estimate of drug-likeness (QED) is 0.866. The van der Waals surface area contributed by atoms with Gasteiger partial charge >= 0.3 is 5.97 Å². The lowest BCUT2D eigenvalue weighted by Gasteiger charge is -2.25. The van der Waals surface area contributed by atoms with Crippen LogP contribution in [-0.2, 0) is 9.53 Å². The summed E-state index contributed by atoms with van der Waals surface area (Å²) in [5, 5.41) is 11.9. The Hall–Kier alpha value is -1.47. The maximum Gasteiger partial charge on any atom is 0.313 e. The third kappa shape index (κ3) is 2.76. The molecule has 0 aliphatic carbocycles. The van der Waals surface area contributed by atoms with Crippen LogP contribution in [0.2, 0.25) is 0 Å². The number of aromatic nitrogens is 1. The van der Waals surface area contributed by atoms with E-state index in [0.717, 1.165) is 0 Å². The van der Waals surface area contributed by atoms with E-state index in [1.54, 1.807) is 19.2 Å². The Balaban J connectivity index is 2.13. The fraction of sp³-hybridized carbons (Fsp3) is 0.417. The van der Waals surface area contributed by atoms with Crippen molar-refractivity contribution in [1.29, 1.82) is 0 Å². The number of nitrogens with one attached hydrogen (secondary N) is 1. The molecule has 1 fully saturated rings. The van der Waals surface area contributed by atoms with Crippen LogP contribution >= 0.6 is 15.9 Å². The minimum absolute atomic E-state index is 0.0873. The second-order valence-electron chi connectivity index (χ2n) is 4.66. The molecule has 2 heterocycles. The summed E-state index contributed by atoms with van der Waals surface area (Å²) < 4.78 is 5.86. The average molecular weight is 329 g/mol. The van der Waals surface area contributed by atoms with Crippen molar-refractivity contribution in [2.75, 3.05) is 13.2 Å². The predicted octanol–water partition coefficient (Wildman–Crippen LogP) is 1.06. The lowest BCUT2D eigenvalue weighted by molar-refractivity contribution is -0.148. The first kappa shape index (κ1) is 14.0. The molecule has 0 saturated carbocycles. The fourth-order valence-corrected chi connectivity index (χ4v) is 2.23. The summed E-state index contributed by atoms with van der Waals surface area (Å²) in [7, 11) is 0. The van der Waals surface area contributed by atoms with Gasteiger partial charge in [-0.1, -0.05) is 0 Å². The smallest absolute Gasteiger partial charge is 0.313 e. The van der Waals surface area contributed by atoms with Crippen LogP contribution in [0.25, 0.3) is 0 Å². The molecule has 1 aromatic rings. The van der Waals surface area contributed by atoms with E-state index in [0.29, 0.717) is 10.0 Å². The summed E-state index contributed by atoms with van der Waals surface area (Å²) >= 11 is 3.23. The summed E-state index contributed by atoms with van der Waals surface area (Å²) in [5.41, 5.74) is -0.733. The lowest BCUT2D eigenvalue weighted by Crippen LogP contribution is -2.49. The van der Waals surface area contributed by atoms with Gasteiger partial charge in [0.2, 0.25) is 0 Å². The Labute approximate surface area is 118 Å². The van der Waals surface area contributed by atoms with Gasteiger partial charge in [-0.15, -0.1) is 0 Å². The van der Waals surface area contributed by atoms with Crippen LogP contribution in [0, 0.1) is 5.41 Å². The Morgan fingerprint density at radius 3 is 2.95 bits per heavy atom. The van der Waals surface area contributed by atoms with Crippen LogP contribution < -0.4 is 5.32 Å². The molecule has 2 N–H and O–H groups in total. The van der Waals surface area contributed by atoms with Gasteiger partial charge in [-0.05, 0) is 28.9 Å². The number of rotatable bonds is 3. The second kappa shape index (κ2) is 5.26. The molecule has 102 valence electrons. The van der Waals surface area contributed by atoms with E-state index in [-0.39, 0.29) is 19.1 Å². The van der Waals surface area contributed by atoms with E-state index in [1.807, 2.05) is 0 Å². The third-order valence-corrected chi connectivity index (χ3v) is 3.65. The van der Waals surface area contributed by atoms with Gasteiger partial charge in [0.1, 0.15) is 5.41 Å². The van der Waals surface area contributed by atoms with Crippen molar-refractivity contribution in [3.63, 3.8) is 0 Å². The summed E-state index contributed by atoms with van der Waals surface area (Å²) in [4.78, 5) is 27.2. The second-order valence-corrected chi connectivity index (χ2v) is 5.57. The van der Waals surface area contributed by atoms with E-state index in [9.17, 15) is 14.7 Å². The van der Waals surface area contributed by atoms with E-state index in [4.69, 9.17) is 4.74 Å². The minimum atomic E-state index is -1.10. The van der Waals surface area contributed by atoms with E-state index < -0.39 is 17.4 Å². The zero-order valence-corrected chi connectivity index (χ0v) is 11.8. The molecule has 1 aliphatic heterocycles. The number of nitrogens with zero attached hydrogens (tertiary/aromatic N) is 1. The Morgan fingerprint density at radius 1 is 1.58 bits per heavy atom. The van der Waals surface area contributed by atoms with Crippen molar-refractivity contribution < 1.29 is 19.4 Å². The van der Waals surface area contributed by atoms with Crippen LogP contribution in [0.5, 0.6) is 0 Å². The minimum Gasteiger partial charge on any atom is -0.481 e. The van der Waals surface area contributed by atoms with Gasteiger partial charge in [0.05, 0.1) is 24.8 Å². The number of halogens is 1. The molecule has 19 heavy (non-hydrogen) atoms. The molecule has 1 saturated heterocycles. The van der Waals surface area contributed by atoms with Gasteiger partial charge in [0.25, 0.3) is 5.91 Å². The number of amides is 1. The zero-order valence-electron chi connectivity index (χ0n) is 10.2. The standard InChI is InChI=1S/C12H13BrN2O4/c1-12(11(17)18)6-19-5-9(12)15-10(16)7-2-8(13)4-14-3-7/h2-4,9H,5-6H2,1H3,(H,15,16)(H,17,18). The largest absolute Gasteiger partial charge is 0.481 e. The molecule has 0 aromatic carbocycles. The number of hydrogen-bond acceptors (Lipinski definition) is 4. The molecule has 0 bridgehead atoms. The number of carbonyl (C=O) groups excluding carboxylic acids is 1. The highest BCUT2D eigenvalue weighted by molar-refractivity contribution is 9.10. The highest BCUT2D eigenvalue weighted by Crippen LogP contribution is 2.29. The number of carboxylic acid groups (broad SMARTS) is 1. The monoisotopic (exact) mass is 328 g/mol. The molecule has 7 heteroatoms. The van der Waals surface area contributed by atoms with Gasteiger partial charge in [0.15, 0.2) is 0 Å². The summed E-state index contributed by atoms with van der Waals surface area (Å²) in [6.45, 7) is 1.84. The average Bonchev–Trinajstić information content (AvgIpc) is 2.72. The molecule has 2 atom stereocenters. The van der Waals surface area contributed by atoms with Crippen LogP contribution in [0.3, 0.4) is 0 Å². The van der Waals surface area contributed by atoms with Crippen molar-refractivity contribution in [3.05, 3.63) is 28.5 Å². The van der Waals surface area contributed by atoms with Crippen molar-refractivity contribution in [2.45, 2.75) is 13.0 Å². The van der Waals surface area contributed by atoms with Crippen molar-refractivity contribution in [2.24, 2.45) is 5.41 Å². The predicted molar refractivity (Wildman–Crippen MR) is 69.8 cm³/mol. The molecule has 1 aromatic heterocycles. The maximum atomic E-state index is 12.0. The van der Waals surface area contributed by atoms with Gasteiger partial charge in [-0.3, -0.25) is 14.6 Å². The van der Waals surface area contributed by atoms with E-state index in [1.165, 1.54) is 6.20 Å². The van der Waals surface area contributed by atoms with E-state index >= 15 is 0 Å². The number of ether oxygens (including phenoxy) is 1. The summed E-state index contributed by atoms with van der Waals surface area (Å²) in [6.07, 6.45) is 2.99. The Kier molecular flexibility index (Phi) is 3.86. The van der Waals surface area contributed by atoms with Crippen molar-refractivity contribution >= 4 is 27.8 Å². The van der Waals surface area contributed by atoms with E-state index in [2.05, 4.69) is 26.2 Å². The fourth-order valence-electron chi connectivity index (χ4n) is 1.86. The van der Waals surface area contributed by atoms with Gasteiger partial charge in [-0.2, -0.15) is 0 Å². The Bertz CT molecular complexity index is 522. The van der Waals surface area contributed by atoms with Gasteiger partial charge in [-0.25, -0.2) is 0 Å². The topological polar surface area (TPSA) is 88.5 Å². The maximum absolute atomic E-state index is 12.0. The first-order chi connectivity index (χ1) is 8.93. The SMILES string of the molecule is CC1(C(=O)O)COCC1NC(=O)c1cncc(Br)c1. The van der Waals surface area contributed by atoms with Crippen molar-refractivity contribution in [1.82, 2.24) is 10.3 Å². The van der Waals surface area contributed by atoms with Gasteiger partial charge in [0, 0.05) is 16.9 Å². The third-order valence-electron chi connectivity index (χ3n) is 3.22. The first-order valence-electron chi connectivity index (χ1n) is 5.66. The number of carbonyl (C=O) groups is 2. The molecular formula is C12H13BrN2O4. The number of pyridine rings is 1. The molecule has 0 radical (unpaired) electrons. The van der Waals surface area contributed by atoms with Crippen LogP contribution in [0.15, 0.2) is 22.9 Å². The lowest BCUT2D eigenvalue weighted by atomic mass is 9.85. The Morgan fingerprint density at radius 2 is 2.32 bits per heavy atom. The molecule has 1 aliphatic rings. The molecule has 6 nitrogen and oxygen atoms in total. The molecule has 1 amide bonds. The zero-order chi connectivity index (χ0) is 14.0. The number of hydrogen-bond donors (Lipinski definition) is 2. The summed E-state index contributed by atoms with van der Waals surface area (Å²) in [5.74, 6) is -1.35. The number of aliphatic carboxylic acids is 1. The normalized spacial score (nSPS) is 26.1. The van der Waals surface area contributed by atoms with Crippen molar-refractivity contribution in [3.8, 4) is 0 Å². The molecule has 0 spiro atoms.